The lowest BCUT2D eigenvalue weighted by Crippen LogP contribution is -2.21. The Morgan fingerprint density at radius 2 is 2.00 bits per heavy atom. The molecule has 0 saturated heterocycles. The van der Waals surface area contributed by atoms with Gasteiger partial charge in [0, 0.05) is 9.75 Å². The van der Waals surface area contributed by atoms with E-state index in [1.54, 1.807) is 20.9 Å². The second-order valence-corrected chi connectivity index (χ2v) is 9.53. The quantitative estimate of drug-likeness (QED) is 0.674. The minimum Gasteiger partial charge on any atom is -0.165 e. The number of rotatable bonds is 4. The minimum atomic E-state index is 0.523. The molecule has 112 valence electrons. The summed E-state index contributed by atoms with van der Waals surface area (Å²) in [6.45, 7) is 4.92. The molecule has 2 aliphatic rings. The third-order valence-electron chi connectivity index (χ3n) is 5.20. The lowest BCUT2D eigenvalue weighted by atomic mass is 9.75. The number of thioether (sulfide) groups is 1. The molecule has 0 atom stereocenters. The van der Waals surface area contributed by atoms with Gasteiger partial charge in [-0.3, -0.25) is 0 Å². The van der Waals surface area contributed by atoms with Gasteiger partial charge in [0.1, 0.15) is 0 Å². The zero-order valence-electron chi connectivity index (χ0n) is 13.3. The zero-order valence-corrected chi connectivity index (χ0v) is 14.9. The molecular weight excluding hydrogens is 280 g/mol. The van der Waals surface area contributed by atoms with E-state index < -0.39 is 0 Å². The molecule has 2 heteroatoms. The van der Waals surface area contributed by atoms with Gasteiger partial charge in [0.25, 0.3) is 0 Å². The SMILES string of the molecule is CSCCc1c(C2CCCC2)sc2c1CC(C)(C)CC2. The van der Waals surface area contributed by atoms with Crippen molar-refractivity contribution in [2.75, 3.05) is 12.0 Å². The summed E-state index contributed by atoms with van der Waals surface area (Å²) >= 11 is 4.21. The summed E-state index contributed by atoms with van der Waals surface area (Å²) in [6, 6.07) is 0. The molecule has 1 aromatic rings. The largest absolute Gasteiger partial charge is 0.165 e. The highest BCUT2D eigenvalue weighted by Gasteiger charge is 2.32. The Kier molecular flexibility index (Phi) is 4.52. The fourth-order valence-electron chi connectivity index (χ4n) is 3.99. The first kappa shape index (κ1) is 15.0. The minimum absolute atomic E-state index is 0.523. The normalized spacial score (nSPS) is 22.1. The number of aryl methyl sites for hydroxylation is 1. The Morgan fingerprint density at radius 3 is 2.70 bits per heavy atom. The number of hydrogen-bond donors (Lipinski definition) is 0. The average Bonchev–Trinajstić information content (AvgIpc) is 3.02. The van der Waals surface area contributed by atoms with E-state index in [0.29, 0.717) is 5.41 Å². The Morgan fingerprint density at radius 1 is 1.25 bits per heavy atom. The van der Waals surface area contributed by atoms with Gasteiger partial charge in [0.05, 0.1) is 0 Å². The van der Waals surface area contributed by atoms with Crippen LogP contribution >= 0.6 is 23.1 Å². The lowest BCUT2D eigenvalue weighted by Gasteiger charge is -2.30. The highest BCUT2D eigenvalue weighted by atomic mass is 32.2. The van der Waals surface area contributed by atoms with Crippen molar-refractivity contribution in [2.24, 2.45) is 5.41 Å². The van der Waals surface area contributed by atoms with Gasteiger partial charge in [-0.15, -0.1) is 11.3 Å². The van der Waals surface area contributed by atoms with Gasteiger partial charge in [-0.05, 0) is 73.0 Å². The van der Waals surface area contributed by atoms with Gasteiger partial charge < -0.3 is 0 Å². The van der Waals surface area contributed by atoms with E-state index in [2.05, 4.69) is 31.4 Å². The van der Waals surface area contributed by atoms with Crippen molar-refractivity contribution in [2.45, 2.75) is 71.1 Å². The van der Waals surface area contributed by atoms with Crippen LogP contribution in [-0.4, -0.2) is 12.0 Å². The molecule has 0 spiro atoms. The van der Waals surface area contributed by atoms with E-state index in [1.807, 2.05) is 11.8 Å². The van der Waals surface area contributed by atoms with E-state index in [9.17, 15) is 0 Å². The Hall–Kier alpha value is 0.0500. The first-order chi connectivity index (χ1) is 9.61. The summed E-state index contributed by atoms with van der Waals surface area (Å²) in [5.41, 5.74) is 4.09. The van der Waals surface area contributed by atoms with Crippen LogP contribution in [-0.2, 0) is 19.3 Å². The summed E-state index contributed by atoms with van der Waals surface area (Å²) in [4.78, 5) is 3.56. The Labute approximate surface area is 132 Å². The van der Waals surface area contributed by atoms with Gasteiger partial charge in [0.2, 0.25) is 0 Å². The molecule has 2 aliphatic carbocycles. The van der Waals surface area contributed by atoms with E-state index in [-0.39, 0.29) is 0 Å². The number of hydrogen-bond acceptors (Lipinski definition) is 2. The van der Waals surface area contributed by atoms with E-state index in [1.165, 1.54) is 57.1 Å². The van der Waals surface area contributed by atoms with Crippen molar-refractivity contribution in [1.29, 1.82) is 0 Å². The van der Waals surface area contributed by atoms with Crippen molar-refractivity contribution in [3.63, 3.8) is 0 Å². The topological polar surface area (TPSA) is 0 Å². The first-order valence-electron chi connectivity index (χ1n) is 8.23. The molecule has 0 N–H and O–H groups in total. The molecular formula is C18H28S2. The van der Waals surface area contributed by atoms with E-state index in [4.69, 9.17) is 0 Å². The van der Waals surface area contributed by atoms with Gasteiger partial charge in [-0.1, -0.05) is 26.7 Å². The predicted octanol–water partition coefficient (Wildman–Crippen LogP) is 5.83. The summed E-state index contributed by atoms with van der Waals surface area (Å²) in [5.74, 6) is 2.20. The molecule has 0 amide bonds. The molecule has 0 aromatic carbocycles. The molecule has 3 rings (SSSR count). The van der Waals surface area contributed by atoms with Crippen LogP contribution in [0.15, 0.2) is 0 Å². The first-order valence-corrected chi connectivity index (χ1v) is 10.4. The van der Waals surface area contributed by atoms with Crippen molar-refractivity contribution in [3.05, 3.63) is 20.9 Å². The maximum absolute atomic E-state index is 2.46. The van der Waals surface area contributed by atoms with Crippen molar-refractivity contribution in [3.8, 4) is 0 Å². The standard InChI is InChI=1S/C18H28S2/c1-18(2)10-8-16-15(12-18)14(9-11-19-3)17(20-16)13-6-4-5-7-13/h13H,4-12H2,1-3H3. The van der Waals surface area contributed by atoms with Gasteiger partial charge in [-0.25, -0.2) is 0 Å². The van der Waals surface area contributed by atoms with Crippen molar-refractivity contribution >= 4 is 23.1 Å². The summed E-state index contributed by atoms with van der Waals surface area (Å²) in [6.07, 6.45) is 13.4. The highest BCUT2D eigenvalue weighted by Crippen LogP contribution is 2.47. The molecule has 0 nitrogen and oxygen atoms in total. The Balaban J connectivity index is 1.95. The molecule has 0 bridgehead atoms. The monoisotopic (exact) mass is 308 g/mol. The van der Waals surface area contributed by atoms with Crippen molar-refractivity contribution < 1.29 is 0 Å². The van der Waals surface area contributed by atoms with Crippen LogP contribution in [0.4, 0.5) is 0 Å². The fourth-order valence-corrected chi connectivity index (χ4v) is 5.94. The second-order valence-electron chi connectivity index (χ2n) is 7.41. The van der Waals surface area contributed by atoms with Crippen LogP contribution in [0.5, 0.6) is 0 Å². The zero-order chi connectivity index (χ0) is 14.2. The summed E-state index contributed by atoms with van der Waals surface area (Å²) < 4.78 is 0. The molecule has 20 heavy (non-hydrogen) atoms. The van der Waals surface area contributed by atoms with Crippen LogP contribution < -0.4 is 0 Å². The van der Waals surface area contributed by atoms with Crippen LogP contribution in [0.3, 0.4) is 0 Å². The molecule has 0 radical (unpaired) electrons. The van der Waals surface area contributed by atoms with Crippen LogP contribution in [0.2, 0.25) is 0 Å². The van der Waals surface area contributed by atoms with Crippen molar-refractivity contribution in [1.82, 2.24) is 0 Å². The van der Waals surface area contributed by atoms with E-state index in [0.717, 1.165) is 5.92 Å². The number of fused-ring (bicyclic) bond motifs is 1. The molecule has 1 heterocycles. The van der Waals surface area contributed by atoms with Crippen LogP contribution in [0.1, 0.15) is 72.8 Å². The van der Waals surface area contributed by atoms with Gasteiger partial charge in [0.15, 0.2) is 0 Å². The predicted molar refractivity (Wildman–Crippen MR) is 93.4 cm³/mol. The highest BCUT2D eigenvalue weighted by molar-refractivity contribution is 7.98. The maximum atomic E-state index is 2.46. The average molecular weight is 309 g/mol. The molecule has 1 saturated carbocycles. The third-order valence-corrected chi connectivity index (χ3v) is 7.31. The summed E-state index contributed by atoms with van der Waals surface area (Å²) in [7, 11) is 0. The molecule has 0 aliphatic heterocycles. The summed E-state index contributed by atoms with van der Waals surface area (Å²) in [5, 5.41) is 0. The smallest absolute Gasteiger partial charge is 0.0114 e. The number of thiophene rings is 1. The van der Waals surface area contributed by atoms with E-state index >= 15 is 0 Å². The van der Waals surface area contributed by atoms with Gasteiger partial charge >= 0.3 is 0 Å². The fraction of sp³-hybridized carbons (Fsp3) is 0.778. The Bertz CT molecular complexity index is 464. The van der Waals surface area contributed by atoms with Crippen LogP contribution in [0, 0.1) is 5.41 Å². The van der Waals surface area contributed by atoms with Gasteiger partial charge in [-0.2, -0.15) is 11.8 Å². The third kappa shape index (κ3) is 2.97. The van der Waals surface area contributed by atoms with Crippen LogP contribution in [0.25, 0.3) is 0 Å². The second kappa shape index (κ2) is 6.04. The molecule has 1 aromatic heterocycles. The maximum Gasteiger partial charge on any atom is 0.0114 e. The molecule has 1 fully saturated rings. The molecule has 0 unspecified atom stereocenters. The lowest BCUT2D eigenvalue weighted by molar-refractivity contribution is 0.317.